The summed E-state index contributed by atoms with van der Waals surface area (Å²) in [6.07, 6.45) is 0. The molecule has 0 aliphatic heterocycles. The Balaban J connectivity index is 1.47. The Morgan fingerprint density at radius 1 is 1.04 bits per heavy atom. The van der Waals surface area contributed by atoms with Crippen molar-refractivity contribution in [3.8, 4) is 5.75 Å². The van der Waals surface area contributed by atoms with Gasteiger partial charge in [0.1, 0.15) is 5.75 Å². The molecule has 4 rings (SSSR count). The molecule has 0 atom stereocenters. The molecule has 0 aliphatic rings. The van der Waals surface area contributed by atoms with Crippen LogP contribution in [0.3, 0.4) is 0 Å². The predicted molar refractivity (Wildman–Crippen MR) is 114 cm³/mol. The van der Waals surface area contributed by atoms with Gasteiger partial charge in [-0.1, -0.05) is 30.0 Å². The van der Waals surface area contributed by atoms with Crippen molar-refractivity contribution in [2.45, 2.75) is 9.24 Å². The molecular weight excluding hydrogens is 444 g/mol. The summed E-state index contributed by atoms with van der Waals surface area (Å²) in [5, 5.41) is 12.8. The van der Waals surface area contributed by atoms with Crippen molar-refractivity contribution in [2.75, 3.05) is 5.32 Å². The number of fused-ring (bicyclic) bond motifs is 1. The van der Waals surface area contributed by atoms with Gasteiger partial charge >= 0.3 is 0 Å². The highest BCUT2D eigenvalue weighted by atomic mass is 79.9. The Bertz CT molecular complexity index is 1090. The molecule has 4 nitrogen and oxygen atoms in total. The van der Waals surface area contributed by atoms with Gasteiger partial charge < -0.3 is 10.4 Å². The number of nitrogens with one attached hydrogen (secondary N) is 1. The van der Waals surface area contributed by atoms with E-state index in [1.807, 2.05) is 42.5 Å². The summed E-state index contributed by atoms with van der Waals surface area (Å²) >= 11 is 6.46. The summed E-state index contributed by atoms with van der Waals surface area (Å²) in [7, 11) is 0. The monoisotopic (exact) mass is 456 g/mol. The molecule has 4 aromatic rings. The number of aromatic nitrogens is 1. The van der Waals surface area contributed by atoms with Crippen molar-refractivity contribution < 1.29 is 9.90 Å². The number of benzene rings is 3. The molecule has 134 valence electrons. The number of anilines is 1. The number of carbonyl (C=O) groups excluding carboxylic acids is 1. The fourth-order valence-electron chi connectivity index (χ4n) is 2.50. The number of aromatic hydroxyl groups is 1. The van der Waals surface area contributed by atoms with Crippen molar-refractivity contribution >= 4 is 60.8 Å². The first-order valence-corrected chi connectivity index (χ1v) is 10.4. The summed E-state index contributed by atoms with van der Waals surface area (Å²) in [6.45, 7) is 0. The van der Waals surface area contributed by atoms with Crippen molar-refractivity contribution in [3.05, 3.63) is 76.8 Å². The van der Waals surface area contributed by atoms with Gasteiger partial charge in [-0.05, 0) is 64.5 Å². The molecule has 0 radical (unpaired) electrons. The number of phenolic OH excluding ortho intramolecular Hbond substituents is 1. The Labute approximate surface area is 172 Å². The summed E-state index contributed by atoms with van der Waals surface area (Å²) in [4.78, 5) is 18.0. The third kappa shape index (κ3) is 4.00. The van der Waals surface area contributed by atoms with Gasteiger partial charge in [0.2, 0.25) is 0 Å². The molecule has 27 heavy (non-hydrogen) atoms. The minimum Gasteiger partial charge on any atom is -0.506 e. The van der Waals surface area contributed by atoms with Crippen LogP contribution < -0.4 is 5.32 Å². The summed E-state index contributed by atoms with van der Waals surface area (Å²) in [5.74, 6) is -0.432. The van der Waals surface area contributed by atoms with E-state index in [4.69, 9.17) is 0 Å². The van der Waals surface area contributed by atoms with Crippen LogP contribution in [0.5, 0.6) is 5.75 Å². The first kappa shape index (κ1) is 18.0. The summed E-state index contributed by atoms with van der Waals surface area (Å²) in [6, 6.07) is 20.6. The van der Waals surface area contributed by atoms with Crippen molar-refractivity contribution in [3.63, 3.8) is 0 Å². The number of nitrogens with zero attached hydrogens (tertiary/aromatic N) is 1. The van der Waals surface area contributed by atoms with Gasteiger partial charge in [0.25, 0.3) is 5.91 Å². The first-order chi connectivity index (χ1) is 13.1. The number of hydrogen-bond donors (Lipinski definition) is 2. The lowest BCUT2D eigenvalue weighted by atomic mass is 10.2. The minimum atomic E-state index is -0.361. The lowest BCUT2D eigenvalue weighted by molar-refractivity contribution is 0.102. The molecule has 0 spiro atoms. The highest BCUT2D eigenvalue weighted by Gasteiger charge is 2.13. The van der Waals surface area contributed by atoms with E-state index in [0.717, 1.165) is 19.5 Å². The number of rotatable bonds is 4. The van der Waals surface area contributed by atoms with Crippen LogP contribution in [0.15, 0.2) is 80.4 Å². The summed E-state index contributed by atoms with van der Waals surface area (Å²) in [5.41, 5.74) is 1.88. The first-order valence-electron chi connectivity index (χ1n) is 8.02. The van der Waals surface area contributed by atoms with Crippen LogP contribution >= 0.6 is 39.0 Å². The number of halogens is 1. The van der Waals surface area contributed by atoms with Gasteiger partial charge in [0.05, 0.1) is 20.3 Å². The molecule has 0 fully saturated rings. The van der Waals surface area contributed by atoms with Gasteiger partial charge in [-0.15, -0.1) is 11.3 Å². The van der Waals surface area contributed by atoms with Crippen molar-refractivity contribution in [2.24, 2.45) is 0 Å². The molecule has 7 heteroatoms. The molecule has 0 aliphatic carbocycles. The minimum absolute atomic E-state index is 0.0713. The average Bonchev–Trinajstić information content (AvgIpc) is 3.08. The molecular formula is C20H13BrN2O2S2. The van der Waals surface area contributed by atoms with E-state index in [-0.39, 0.29) is 17.2 Å². The molecule has 0 unspecified atom stereocenters. The highest BCUT2D eigenvalue weighted by molar-refractivity contribution is 9.10. The fourth-order valence-corrected chi connectivity index (χ4v) is 4.90. The lowest BCUT2D eigenvalue weighted by Crippen LogP contribution is -2.12. The average molecular weight is 457 g/mol. The second-order valence-electron chi connectivity index (χ2n) is 5.66. The quantitative estimate of drug-likeness (QED) is 0.385. The number of carbonyl (C=O) groups is 1. The topological polar surface area (TPSA) is 62.2 Å². The zero-order valence-corrected chi connectivity index (χ0v) is 17.1. The maximum absolute atomic E-state index is 12.4. The lowest BCUT2D eigenvalue weighted by Gasteiger charge is -2.08. The van der Waals surface area contributed by atoms with Crippen LogP contribution in [0.1, 0.15) is 10.4 Å². The van der Waals surface area contributed by atoms with Gasteiger partial charge in [-0.25, -0.2) is 4.98 Å². The van der Waals surface area contributed by atoms with E-state index in [1.165, 1.54) is 0 Å². The molecule has 1 heterocycles. The van der Waals surface area contributed by atoms with E-state index in [9.17, 15) is 9.90 Å². The SMILES string of the molecule is O=C(Nc1ccc(Sc2nc3ccccc3s2)cc1)c1cccc(Br)c1O. The Hall–Kier alpha value is -2.35. The molecule has 1 amide bonds. The van der Waals surface area contributed by atoms with Crippen LogP contribution in [0, 0.1) is 0 Å². The number of phenols is 1. The van der Waals surface area contributed by atoms with Crippen LogP contribution in [0.2, 0.25) is 0 Å². The van der Waals surface area contributed by atoms with Gasteiger partial charge in [0.15, 0.2) is 4.34 Å². The van der Waals surface area contributed by atoms with Gasteiger partial charge in [-0.2, -0.15) is 0 Å². The largest absolute Gasteiger partial charge is 0.506 e. The van der Waals surface area contributed by atoms with E-state index in [0.29, 0.717) is 10.2 Å². The number of thiazole rings is 1. The second-order valence-corrected chi connectivity index (χ2v) is 8.87. The standard InChI is InChI=1S/C20H13BrN2O2S2/c21-15-5-3-4-14(18(15)24)19(25)22-12-8-10-13(11-9-12)26-20-23-16-6-1-2-7-17(16)27-20/h1-11,24H,(H,22,25). The zero-order valence-electron chi connectivity index (χ0n) is 13.8. The number of hydrogen-bond acceptors (Lipinski definition) is 5. The molecule has 0 bridgehead atoms. The predicted octanol–water partition coefficient (Wildman–Crippen LogP) is 6.17. The van der Waals surface area contributed by atoms with Gasteiger partial charge in [-0.3, -0.25) is 4.79 Å². The second kappa shape index (κ2) is 7.72. The van der Waals surface area contributed by atoms with Crippen LogP contribution in [0.4, 0.5) is 5.69 Å². The molecule has 0 saturated heterocycles. The smallest absolute Gasteiger partial charge is 0.259 e. The number of para-hydroxylation sites is 2. The maximum Gasteiger partial charge on any atom is 0.259 e. The normalized spacial score (nSPS) is 10.9. The Morgan fingerprint density at radius 2 is 1.81 bits per heavy atom. The third-order valence-corrected chi connectivity index (χ3v) is 6.57. The van der Waals surface area contributed by atoms with E-state index < -0.39 is 0 Å². The van der Waals surface area contributed by atoms with E-state index >= 15 is 0 Å². The number of amides is 1. The summed E-state index contributed by atoms with van der Waals surface area (Å²) < 4.78 is 2.63. The molecule has 2 N–H and O–H groups in total. The van der Waals surface area contributed by atoms with E-state index in [1.54, 1.807) is 41.3 Å². The fraction of sp³-hybridized carbons (Fsp3) is 0. The van der Waals surface area contributed by atoms with Gasteiger partial charge in [0, 0.05) is 10.6 Å². The van der Waals surface area contributed by atoms with Crippen LogP contribution in [-0.2, 0) is 0 Å². The maximum atomic E-state index is 12.4. The molecule has 0 saturated carbocycles. The zero-order chi connectivity index (χ0) is 18.8. The Morgan fingerprint density at radius 3 is 2.59 bits per heavy atom. The van der Waals surface area contributed by atoms with Crippen LogP contribution in [0.25, 0.3) is 10.2 Å². The molecule has 3 aromatic carbocycles. The van der Waals surface area contributed by atoms with Crippen molar-refractivity contribution in [1.82, 2.24) is 4.98 Å². The van der Waals surface area contributed by atoms with E-state index in [2.05, 4.69) is 32.3 Å². The third-order valence-electron chi connectivity index (χ3n) is 3.82. The Kier molecular flexibility index (Phi) is 5.15. The highest BCUT2D eigenvalue weighted by Crippen LogP contribution is 2.35. The van der Waals surface area contributed by atoms with Crippen LogP contribution in [-0.4, -0.2) is 16.0 Å². The van der Waals surface area contributed by atoms with Crippen molar-refractivity contribution in [1.29, 1.82) is 0 Å². The molecule has 1 aromatic heterocycles.